The smallest absolute Gasteiger partial charge is 0.224 e. The highest BCUT2D eigenvalue weighted by molar-refractivity contribution is 7.89. The minimum atomic E-state index is -6.06. The van der Waals surface area contributed by atoms with E-state index in [1.807, 2.05) is 0 Å². The first kappa shape index (κ1) is 26.3. The van der Waals surface area contributed by atoms with E-state index in [1.165, 1.54) is 14.1 Å². The van der Waals surface area contributed by atoms with Crippen LogP contribution in [-0.4, -0.2) is 69.2 Å². The monoisotopic (exact) mass is 435 g/mol. The van der Waals surface area contributed by atoms with Gasteiger partial charge < -0.3 is 0 Å². The number of hydrogen-bond donors (Lipinski definition) is 2. The summed E-state index contributed by atoms with van der Waals surface area (Å²) >= 11 is 0. The van der Waals surface area contributed by atoms with Crippen LogP contribution >= 0.6 is 0 Å². The van der Waals surface area contributed by atoms with Crippen molar-refractivity contribution in [3.8, 4) is 0 Å². The lowest BCUT2D eigenvalue weighted by Gasteiger charge is -2.29. The average Bonchev–Trinajstić information content (AvgIpc) is 2.43. The Bertz CT molecular complexity index is 528. The Morgan fingerprint density at radius 3 is 1.78 bits per heavy atom. The van der Waals surface area contributed by atoms with Crippen molar-refractivity contribution >= 4 is 10.0 Å². The first-order chi connectivity index (χ1) is 11.9. The highest BCUT2D eigenvalue weighted by Gasteiger charge is 2.71. The molecule has 0 aromatic heterocycles. The van der Waals surface area contributed by atoms with E-state index in [0.29, 0.717) is 13.0 Å². The van der Waals surface area contributed by atoms with Crippen LogP contribution in [0.15, 0.2) is 0 Å². The molecule has 164 valence electrons. The third kappa shape index (κ3) is 9.90. The van der Waals surface area contributed by atoms with Crippen LogP contribution in [0.1, 0.15) is 38.5 Å². The van der Waals surface area contributed by atoms with Gasteiger partial charge in [0, 0.05) is 13.0 Å². The molecule has 0 saturated heterocycles. The van der Waals surface area contributed by atoms with Gasteiger partial charge in [-0.15, -0.1) is 0 Å². The predicted molar refractivity (Wildman–Crippen MR) is 84.2 cm³/mol. The third-order valence-corrected chi connectivity index (χ3v) is 5.26. The topological polar surface area (TPSA) is 66.4 Å². The molecule has 27 heavy (non-hydrogen) atoms. The molecule has 0 aliphatic rings. The zero-order valence-corrected chi connectivity index (χ0v) is 15.9. The van der Waals surface area contributed by atoms with Crippen LogP contribution < -0.4 is 4.72 Å². The van der Waals surface area contributed by atoms with Crippen molar-refractivity contribution in [2.24, 2.45) is 0 Å². The summed E-state index contributed by atoms with van der Waals surface area (Å²) in [4.78, 5) is 0. The van der Waals surface area contributed by atoms with Gasteiger partial charge in [-0.2, -0.15) is 31.0 Å². The molecule has 0 radical (unpaired) electrons. The van der Waals surface area contributed by atoms with Crippen molar-refractivity contribution in [3.63, 3.8) is 0 Å². The Hall–Kier alpha value is -0.660. The standard InChI is InChI=1S/C14H26F7N2O3S/c1-23(2,24)10-7-9-22-27(25,26)11-6-4-3-5-8-12(15,13(16,17)18)14(19,20)21/h22,24H,3-11H2,1-2H3/q+1. The zero-order valence-electron chi connectivity index (χ0n) is 15.1. The number of unbranched alkanes of at least 4 members (excludes halogenated alkanes) is 3. The van der Waals surface area contributed by atoms with E-state index < -0.39 is 40.9 Å². The highest BCUT2D eigenvalue weighted by atomic mass is 32.2. The summed E-state index contributed by atoms with van der Waals surface area (Å²) in [7, 11) is -0.610. The third-order valence-electron chi connectivity index (χ3n) is 3.79. The van der Waals surface area contributed by atoms with Crippen LogP contribution in [0, 0.1) is 0 Å². The fourth-order valence-electron chi connectivity index (χ4n) is 2.22. The van der Waals surface area contributed by atoms with E-state index in [4.69, 9.17) is 0 Å². The molecule has 0 saturated carbocycles. The molecule has 0 aromatic carbocycles. The highest BCUT2D eigenvalue weighted by Crippen LogP contribution is 2.49. The minimum Gasteiger partial charge on any atom is -0.224 e. The Morgan fingerprint density at radius 1 is 0.852 bits per heavy atom. The van der Waals surface area contributed by atoms with E-state index in [1.54, 1.807) is 0 Å². The Kier molecular flexibility index (Phi) is 9.46. The van der Waals surface area contributed by atoms with Gasteiger partial charge in [0.1, 0.15) is 6.54 Å². The lowest BCUT2D eigenvalue weighted by molar-refractivity contribution is -1.07. The number of alkyl halides is 7. The van der Waals surface area contributed by atoms with Crippen molar-refractivity contribution in [1.82, 2.24) is 4.72 Å². The largest absolute Gasteiger partial charge is 0.431 e. The molecule has 0 bridgehead atoms. The van der Waals surface area contributed by atoms with Crippen molar-refractivity contribution in [3.05, 3.63) is 0 Å². The van der Waals surface area contributed by atoms with Crippen LogP contribution in [-0.2, 0) is 10.0 Å². The summed E-state index contributed by atoms with van der Waals surface area (Å²) in [6.45, 7) is 0.401. The Labute approximate surface area is 154 Å². The van der Waals surface area contributed by atoms with E-state index in [0.717, 1.165) is 0 Å². The van der Waals surface area contributed by atoms with Crippen LogP contribution in [0.5, 0.6) is 0 Å². The number of halogens is 7. The molecular weight excluding hydrogens is 409 g/mol. The lowest BCUT2D eigenvalue weighted by Crippen LogP contribution is -2.53. The lowest BCUT2D eigenvalue weighted by atomic mass is 9.96. The van der Waals surface area contributed by atoms with Crippen LogP contribution in [0.2, 0.25) is 0 Å². The molecule has 0 aliphatic carbocycles. The molecule has 5 nitrogen and oxygen atoms in total. The predicted octanol–water partition coefficient (Wildman–Crippen LogP) is 3.54. The molecule has 0 heterocycles. The summed E-state index contributed by atoms with van der Waals surface area (Å²) < 4.78 is 113. The number of nitrogens with one attached hydrogen (secondary N) is 1. The van der Waals surface area contributed by atoms with Crippen LogP contribution in [0.4, 0.5) is 30.7 Å². The molecule has 0 spiro atoms. The average molecular weight is 435 g/mol. The second kappa shape index (κ2) is 9.70. The maximum absolute atomic E-state index is 13.4. The van der Waals surface area contributed by atoms with Gasteiger partial charge in [-0.25, -0.2) is 22.7 Å². The molecular formula is C14H26F7N2O3S+. The summed E-state index contributed by atoms with van der Waals surface area (Å²) in [5, 5.41) is 9.42. The quantitative estimate of drug-likeness (QED) is 0.213. The normalized spacial score (nSPS) is 14.6. The molecule has 0 amide bonds. The fraction of sp³-hybridized carbons (Fsp3) is 1.00. The molecule has 13 heteroatoms. The van der Waals surface area contributed by atoms with Gasteiger partial charge >= 0.3 is 12.4 Å². The van der Waals surface area contributed by atoms with E-state index in [9.17, 15) is 44.4 Å². The van der Waals surface area contributed by atoms with Crippen molar-refractivity contribution in [1.29, 1.82) is 0 Å². The molecule has 0 unspecified atom stereocenters. The number of hydrogen-bond acceptors (Lipinski definition) is 3. The van der Waals surface area contributed by atoms with Gasteiger partial charge in [-0.3, -0.25) is 0 Å². The zero-order chi connectivity index (χ0) is 21.6. The fourth-order valence-corrected chi connectivity index (χ4v) is 3.41. The molecule has 0 rings (SSSR count). The molecule has 0 aliphatic heterocycles. The van der Waals surface area contributed by atoms with E-state index in [-0.39, 0.29) is 36.2 Å². The van der Waals surface area contributed by atoms with Crippen LogP contribution in [0.25, 0.3) is 0 Å². The van der Waals surface area contributed by atoms with Gasteiger partial charge in [-0.05, 0) is 19.3 Å². The number of rotatable bonds is 12. The minimum absolute atomic E-state index is 0.0220. The SMILES string of the molecule is C[N+](C)(O)CCCNS(=O)(=O)CCCCCCC(F)(C(F)(F)F)C(F)(F)F. The molecule has 0 atom stereocenters. The summed E-state index contributed by atoms with van der Waals surface area (Å²) in [6, 6.07) is 0. The Balaban J connectivity index is 4.18. The van der Waals surface area contributed by atoms with Crippen molar-refractivity contribution in [2.45, 2.75) is 56.5 Å². The van der Waals surface area contributed by atoms with E-state index >= 15 is 0 Å². The van der Waals surface area contributed by atoms with Gasteiger partial charge in [-0.1, -0.05) is 12.8 Å². The molecule has 0 fully saturated rings. The van der Waals surface area contributed by atoms with Crippen LogP contribution in [0.3, 0.4) is 0 Å². The Morgan fingerprint density at radius 2 is 1.33 bits per heavy atom. The number of sulfonamides is 1. The number of nitrogens with zero attached hydrogens (tertiary/aromatic N) is 1. The first-order valence-electron chi connectivity index (χ1n) is 8.27. The van der Waals surface area contributed by atoms with Gasteiger partial charge in [0.2, 0.25) is 10.0 Å². The van der Waals surface area contributed by atoms with Crippen molar-refractivity contribution < 1.29 is 49.0 Å². The summed E-state index contributed by atoms with van der Waals surface area (Å²) in [5.74, 6) is -0.344. The van der Waals surface area contributed by atoms with Crippen molar-refractivity contribution in [2.75, 3.05) is 32.9 Å². The number of quaternary nitrogens is 1. The van der Waals surface area contributed by atoms with Gasteiger partial charge in [0.25, 0.3) is 5.67 Å². The maximum Gasteiger partial charge on any atom is 0.431 e. The first-order valence-corrected chi connectivity index (χ1v) is 9.92. The van der Waals surface area contributed by atoms with E-state index in [2.05, 4.69) is 4.72 Å². The van der Waals surface area contributed by atoms with Gasteiger partial charge in [0.15, 0.2) is 0 Å². The second-order valence-corrected chi connectivity index (χ2v) is 8.80. The molecule has 0 aromatic rings. The summed E-state index contributed by atoms with van der Waals surface area (Å²) in [5.41, 5.74) is -5.26. The second-order valence-electron chi connectivity index (χ2n) is 6.87. The summed E-state index contributed by atoms with van der Waals surface area (Å²) in [6.07, 6.45) is -14.3. The number of hydroxylamine groups is 3. The molecule has 2 N–H and O–H groups in total. The van der Waals surface area contributed by atoms with Gasteiger partial charge in [0.05, 0.1) is 19.8 Å². The maximum atomic E-state index is 13.4.